The Kier molecular flexibility index (Phi) is 5.75. The van der Waals surface area contributed by atoms with Crippen LogP contribution >= 0.6 is 0 Å². The van der Waals surface area contributed by atoms with Crippen molar-refractivity contribution in [3.8, 4) is 5.75 Å². The molecule has 160 valence electrons. The highest BCUT2D eigenvalue weighted by Gasteiger charge is 2.35. The minimum atomic E-state index is -5.12. The van der Waals surface area contributed by atoms with Crippen LogP contribution in [-0.4, -0.2) is 20.5 Å². The summed E-state index contributed by atoms with van der Waals surface area (Å²) in [6, 6.07) is 6.92. The number of aromatic nitrogens is 1. The second-order valence-corrected chi connectivity index (χ2v) is 7.94. The van der Waals surface area contributed by atoms with E-state index in [1.54, 1.807) is 29.0 Å². The lowest BCUT2D eigenvalue weighted by Gasteiger charge is -2.13. The number of nitrogens with one attached hydrogen (secondary N) is 2. The van der Waals surface area contributed by atoms with Crippen molar-refractivity contribution >= 4 is 15.7 Å². The highest BCUT2D eigenvalue weighted by atomic mass is 32.2. The molecule has 0 fully saturated rings. The van der Waals surface area contributed by atoms with E-state index in [0.29, 0.717) is 11.3 Å². The lowest BCUT2D eigenvalue weighted by Crippen LogP contribution is -2.16. The number of hydrogen-bond acceptors (Lipinski definition) is 3. The Bertz CT molecular complexity index is 1170. The van der Waals surface area contributed by atoms with Crippen LogP contribution in [0.4, 0.5) is 27.6 Å². The van der Waals surface area contributed by atoms with E-state index in [4.69, 9.17) is 4.74 Å². The van der Waals surface area contributed by atoms with Crippen molar-refractivity contribution < 1.29 is 35.1 Å². The largest absolute Gasteiger partial charge is 0.497 e. The molecule has 0 spiro atoms. The van der Waals surface area contributed by atoms with Crippen LogP contribution in [-0.2, 0) is 22.6 Å². The summed E-state index contributed by atoms with van der Waals surface area (Å²) >= 11 is 0. The Hall–Kier alpha value is -3.08. The molecule has 11 heteroatoms. The molecule has 3 aromatic rings. The van der Waals surface area contributed by atoms with Gasteiger partial charge in [-0.05, 0) is 29.3 Å². The first-order valence-corrected chi connectivity index (χ1v) is 9.87. The van der Waals surface area contributed by atoms with E-state index in [9.17, 15) is 30.4 Å². The lowest BCUT2D eigenvalue weighted by atomic mass is 10.1. The van der Waals surface area contributed by atoms with E-state index in [2.05, 4.69) is 4.98 Å². The van der Waals surface area contributed by atoms with Gasteiger partial charge in [-0.25, -0.2) is 17.2 Å². The predicted molar refractivity (Wildman–Crippen MR) is 98.8 cm³/mol. The molecule has 30 heavy (non-hydrogen) atoms. The molecule has 2 N–H and O–H groups in total. The fourth-order valence-corrected chi connectivity index (χ4v) is 4.07. The normalized spacial score (nSPS) is 12.1. The Morgan fingerprint density at radius 2 is 1.80 bits per heavy atom. The van der Waals surface area contributed by atoms with Crippen molar-refractivity contribution in [2.45, 2.75) is 17.5 Å². The maximum absolute atomic E-state index is 14.0. The van der Waals surface area contributed by atoms with E-state index < -0.39 is 39.1 Å². The van der Waals surface area contributed by atoms with E-state index in [1.807, 2.05) is 0 Å². The van der Waals surface area contributed by atoms with Crippen LogP contribution in [0.3, 0.4) is 0 Å². The quantitative estimate of drug-likeness (QED) is 0.539. The zero-order valence-electron chi connectivity index (χ0n) is 15.3. The first kappa shape index (κ1) is 21.6. The van der Waals surface area contributed by atoms with Crippen molar-refractivity contribution in [2.75, 3.05) is 11.8 Å². The molecular formula is C19H15F5N2O3S. The third-order valence-corrected chi connectivity index (χ3v) is 5.66. The number of sulfonamides is 1. The van der Waals surface area contributed by atoms with Crippen LogP contribution in [0.5, 0.6) is 5.75 Å². The van der Waals surface area contributed by atoms with Crippen LogP contribution in [0.2, 0.25) is 0 Å². The van der Waals surface area contributed by atoms with Crippen LogP contribution in [0.15, 0.2) is 53.7 Å². The van der Waals surface area contributed by atoms with Gasteiger partial charge in [-0.2, -0.15) is 13.2 Å². The molecule has 0 amide bonds. The highest BCUT2D eigenvalue weighted by molar-refractivity contribution is 7.92. The SMILES string of the molecule is COc1cccc(Cc2c[nH]cc2S(=O)(=O)Nc2cc(F)c(C(F)(F)F)cc2F)c1. The molecule has 0 unspecified atom stereocenters. The molecule has 0 aliphatic heterocycles. The van der Waals surface area contributed by atoms with Crippen molar-refractivity contribution in [3.63, 3.8) is 0 Å². The number of alkyl halides is 3. The zero-order chi connectivity index (χ0) is 22.1. The molecule has 0 radical (unpaired) electrons. The minimum Gasteiger partial charge on any atom is -0.497 e. The zero-order valence-corrected chi connectivity index (χ0v) is 16.2. The predicted octanol–water partition coefficient (Wildman–Crippen LogP) is 4.71. The van der Waals surface area contributed by atoms with E-state index in [0.717, 1.165) is 11.8 Å². The van der Waals surface area contributed by atoms with Gasteiger partial charge in [0.15, 0.2) is 0 Å². The molecule has 0 bridgehead atoms. The molecule has 0 saturated heterocycles. The second kappa shape index (κ2) is 7.98. The van der Waals surface area contributed by atoms with E-state index >= 15 is 0 Å². The standard InChI is InChI=1S/C19H15F5N2O3S/c1-29-13-4-2-3-11(6-13)5-12-9-25-10-18(12)30(27,28)26-17-8-15(20)14(7-16(17)21)19(22,23)24/h2-4,6-10,25-26H,5H2,1H3. The Labute approximate surface area is 168 Å². The number of methoxy groups -OCH3 is 1. The average molecular weight is 446 g/mol. The molecule has 0 aliphatic carbocycles. The second-order valence-electron chi connectivity index (χ2n) is 6.29. The number of halogens is 5. The number of ether oxygens (including phenoxy) is 1. The summed E-state index contributed by atoms with van der Waals surface area (Å²) in [6.45, 7) is 0. The third kappa shape index (κ3) is 4.56. The van der Waals surface area contributed by atoms with Gasteiger partial charge in [0, 0.05) is 24.9 Å². The molecule has 0 saturated carbocycles. The highest BCUT2D eigenvalue weighted by Crippen LogP contribution is 2.34. The molecular weight excluding hydrogens is 431 g/mol. The summed E-state index contributed by atoms with van der Waals surface area (Å²) in [5.41, 5.74) is -1.74. The average Bonchev–Trinajstić information content (AvgIpc) is 3.12. The topological polar surface area (TPSA) is 71.2 Å². The van der Waals surface area contributed by atoms with E-state index in [-0.39, 0.29) is 23.4 Å². The van der Waals surface area contributed by atoms with Crippen LogP contribution in [0.1, 0.15) is 16.7 Å². The van der Waals surface area contributed by atoms with Crippen LogP contribution in [0, 0.1) is 11.6 Å². The summed E-state index contributed by atoms with van der Waals surface area (Å²) in [4.78, 5) is 2.37. The van der Waals surface area contributed by atoms with Gasteiger partial charge in [0.1, 0.15) is 22.3 Å². The van der Waals surface area contributed by atoms with Gasteiger partial charge in [0.2, 0.25) is 0 Å². The molecule has 1 aromatic heterocycles. The van der Waals surface area contributed by atoms with Gasteiger partial charge < -0.3 is 9.72 Å². The summed E-state index contributed by atoms with van der Waals surface area (Å²) in [5, 5.41) is 0. The van der Waals surface area contributed by atoms with Gasteiger partial charge in [-0.3, -0.25) is 4.72 Å². The van der Waals surface area contributed by atoms with Gasteiger partial charge in [-0.1, -0.05) is 12.1 Å². The van der Waals surface area contributed by atoms with Crippen molar-refractivity contribution in [1.82, 2.24) is 4.98 Å². The molecule has 2 aromatic carbocycles. The summed E-state index contributed by atoms with van der Waals surface area (Å²) in [5.74, 6) is -2.79. The first-order valence-electron chi connectivity index (χ1n) is 8.39. The van der Waals surface area contributed by atoms with E-state index in [1.165, 1.54) is 13.3 Å². The number of H-pyrrole nitrogens is 1. The van der Waals surface area contributed by atoms with Crippen LogP contribution < -0.4 is 9.46 Å². The summed E-state index contributed by atoms with van der Waals surface area (Å²) in [7, 11) is -2.95. The van der Waals surface area contributed by atoms with Gasteiger partial charge in [0.05, 0.1) is 18.4 Å². The van der Waals surface area contributed by atoms with Crippen LogP contribution in [0.25, 0.3) is 0 Å². The smallest absolute Gasteiger partial charge is 0.419 e. The summed E-state index contributed by atoms with van der Waals surface area (Å²) in [6.07, 6.45) is -2.40. The number of benzene rings is 2. The van der Waals surface area contributed by atoms with Crippen molar-refractivity contribution in [1.29, 1.82) is 0 Å². The Morgan fingerprint density at radius 3 is 2.47 bits per heavy atom. The first-order chi connectivity index (χ1) is 14.0. The summed E-state index contributed by atoms with van der Waals surface area (Å²) < 4.78 is 98.1. The van der Waals surface area contributed by atoms with Gasteiger partial charge in [-0.15, -0.1) is 0 Å². The molecule has 0 aliphatic rings. The Morgan fingerprint density at radius 1 is 1.07 bits per heavy atom. The maximum Gasteiger partial charge on any atom is 0.419 e. The van der Waals surface area contributed by atoms with Gasteiger partial charge in [0.25, 0.3) is 10.0 Å². The molecule has 3 rings (SSSR count). The molecule has 0 atom stereocenters. The fraction of sp³-hybridized carbons (Fsp3) is 0.158. The number of rotatable bonds is 6. The maximum atomic E-state index is 14.0. The minimum absolute atomic E-state index is 0.0958. The van der Waals surface area contributed by atoms with Crippen molar-refractivity contribution in [2.24, 2.45) is 0 Å². The van der Waals surface area contributed by atoms with Crippen molar-refractivity contribution in [3.05, 3.63) is 77.1 Å². The number of hydrogen-bond donors (Lipinski definition) is 2. The molecule has 1 heterocycles. The fourth-order valence-electron chi connectivity index (χ4n) is 2.81. The lowest BCUT2D eigenvalue weighted by molar-refractivity contribution is -0.140. The molecule has 5 nitrogen and oxygen atoms in total. The van der Waals surface area contributed by atoms with Gasteiger partial charge >= 0.3 is 6.18 Å². The Balaban J connectivity index is 1.91. The third-order valence-electron chi connectivity index (χ3n) is 4.21. The number of aromatic amines is 1. The number of anilines is 1. The monoisotopic (exact) mass is 446 g/mol.